The van der Waals surface area contributed by atoms with Gasteiger partial charge in [-0.3, -0.25) is 20.2 Å². The minimum absolute atomic E-state index is 0.438. The van der Waals surface area contributed by atoms with Gasteiger partial charge < -0.3 is 9.47 Å². The lowest BCUT2D eigenvalue weighted by molar-refractivity contribution is -0.558. The smallest absolute Gasteiger partial charge is 0.266 e. The van der Waals surface area contributed by atoms with Crippen LogP contribution < -0.4 is 9.47 Å². The summed E-state index contributed by atoms with van der Waals surface area (Å²) in [4.78, 5) is 21.8. The van der Waals surface area contributed by atoms with E-state index < -0.39 is 34.5 Å². The summed E-state index contributed by atoms with van der Waals surface area (Å²) in [6.45, 7) is -0.529. The van der Waals surface area contributed by atoms with Crippen molar-refractivity contribution in [1.82, 2.24) is 0 Å². The third kappa shape index (κ3) is 3.23. The average molecular weight is 344 g/mol. The highest BCUT2D eigenvalue weighted by Crippen LogP contribution is 2.43. The Labute approximate surface area is 143 Å². The Hall–Kier alpha value is -3.16. The first kappa shape index (κ1) is 16.7. The van der Waals surface area contributed by atoms with Crippen molar-refractivity contribution in [3.8, 4) is 11.5 Å². The van der Waals surface area contributed by atoms with E-state index in [-0.39, 0.29) is 0 Å². The molecule has 0 amide bonds. The molecular formula is C17H16N2O6. The number of nitro groups is 2. The van der Waals surface area contributed by atoms with Crippen LogP contribution in [0.1, 0.15) is 23.1 Å². The molecule has 1 heterocycles. The highest BCUT2D eigenvalue weighted by Gasteiger charge is 2.49. The van der Waals surface area contributed by atoms with Gasteiger partial charge in [0.2, 0.25) is 6.54 Å². The Morgan fingerprint density at radius 3 is 2.36 bits per heavy atom. The molecule has 0 spiro atoms. The van der Waals surface area contributed by atoms with Crippen molar-refractivity contribution in [2.75, 3.05) is 13.7 Å². The molecule has 2 aromatic carbocycles. The largest absolute Gasteiger partial charge is 0.497 e. The van der Waals surface area contributed by atoms with E-state index in [1.807, 2.05) is 0 Å². The summed E-state index contributed by atoms with van der Waals surface area (Å²) >= 11 is 0. The number of para-hydroxylation sites is 1. The van der Waals surface area contributed by atoms with Crippen LogP contribution in [0.4, 0.5) is 0 Å². The maximum atomic E-state index is 11.7. The molecule has 2 aromatic rings. The molecule has 0 N–H and O–H groups in total. The van der Waals surface area contributed by atoms with E-state index in [0.29, 0.717) is 22.6 Å². The number of benzene rings is 2. The quantitative estimate of drug-likeness (QED) is 0.610. The Kier molecular flexibility index (Phi) is 4.51. The molecule has 0 aliphatic carbocycles. The fourth-order valence-corrected chi connectivity index (χ4v) is 3.18. The molecule has 0 radical (unpaired) electrons. The van der Waals surface area contributed by atoms with Crippen molar-refractivity contribution < 1.29 is 19.3 Å². The van der Waals surface area contributed by atoms with Gasteiger partial charge in [0, 0.05) is 15.4 Å². The average Bonchev–Trinajstić information content (AvgIpc) is 2.60. The lowest BCUT2D eigenvalue weighted by atomic mass is 9.83. The minimum atomic E-state index is -1.26. The van der Waals surface area contributed by atoms with E-state index in [9.17, 15) is 20.2 Å². The van der Waals surface area contributed by atoms with Gasteiger partial charge in [-0.15, -0.1) is 0 Å². The zero-order chi connectivity index (χ0) is 18.0. The molecule has 3 rings (SSSR count). The standard InChI is InChI=1S/C17H16N2O6/c1-24-12-8-6-11(7-9-12)17-16(19(22)23)14(10-18(20)21)13-4-2-3-5-15(13)25-17/h2-9,14,16-17H,10H2,1H3/t14-,16+,17+/m1/s1. The number of nitrogens with zero attached hydrogens (tertiary/aromatic N) is 2. The topological polar surface area (TPSA) is 105 Å². The number of fused-ring (bicyclic) bond motifs is 1. The highest BCUT2D eigenvalue weighted by molar-refractivity contribution is 5.41. The Bertz CT molecular complexity index is 792. The SMILES string of the molecule is COc1ccc([C@@H]2Oc3ccccc3[C@@H](C[N+](=O)[O-])[C@@H]2[N+](=O)[O-])cc1. The number of hydrogen-bond acceptors (Lipinski definition) is 6. The molecule has 0 fully saturated rings. The van der Waals surface area contributed by atoms with Gasteiger partial charge >= 0.3 is 0 Å². The zero-order valence-corrected chi connectivity index (χ0v) is 13.4. The van der Waals surface area contributed by atoms with Crippen LogP contribution in [-0.2, 0) is 0 Å². The van der Waals surface area contributed by atoms with Crippen LogP contribution in [0.2, 0.25) is 0 Å². The van der Waals surface area contributed by atoms with Crippen LogP contribution in [0.3, 0.4) is 0 Å². The second-order valence-corrected chi connectivity index (χ2v) is 5.75. The van der Waals surface area contributed by atoms with Gasteiger partial charge in [-0.2, -0.15) is 0 Å². The summed E-state index contributed by atoms with van der Waals surface area (Å²) in [5.74, 6) is 0.176. The van der Waals surface area contributed by atoms with Crippen LogP contribution in [0, 0.1) is 20.2 Å². The Balaban J connectivity index is 2.07. The predicted octanol–water partition coefficient (Wildman–Crippen LogP) is 2.83. The number of hydrogen-bond donors (Lipinski definition) is 0. The summed E-state index contributed by atoms with van der Waals surface area (Å²) in [6, 6.07) is 12.2. The maximum absolute atomic E-state index is 11.7. The van der Waals surface area contributed by atoms with Gasteiger partial charge in [0.1, 0.15) is 17.4 Å². The molecule has 0 saturated heterocycles. The normalized spacial score (nSPS) is 21.7. The highest BCUT2D eigenvalue weighted by atomic mass is 16.6. The van der Waals surface area contributed by atoms with Gasteiger partial charge in [0.25, 0.3) is 6.04 Å². The van der Waals surface area contributed by atoms with E-state index in [1.165, 1.54) is 7.11 Å². The number of methoxy groups -OCH3 is 1. The third-order valence-corrected chi connectivity index (χ3v) is 4.33. The molecule has 1 aliphatic rings. The third-order valence-electron chi connectivity index (χ3n) is 4.33. The lowest BCUT2D eigenvalue weighted by Crippen LogP contribution is -2.42. The molecular weight excluding hydrogens is 328 g/mol. The maximum Gasteiger partial charge on any atom is 0.266 e. The first-order valence-corrected chi connectivity index (χ1v) is 7.66. The molecule has 1 aliphatic heterocycles. The van der Waals surface area contributed by atoms with Crippen LogP contribution in [-0.4, -0.2) is 29.5 Å². The first-order valence-electron chi connectivity index (χ1n) is 7.66. The number of rotatable bonds is 5. The van der Waals surface area contributed by atoms with Crippen LogP contribution in [0.25, 0.3) is 0 Å². The first-order chi connectivity index (χ1) is 12.0. The minimum Gasteiger partial charge on any atom is -0.497 e. The van der Waals surface area contributed by atoms with Gasteiger partial charge in [0.05, 0.1) is 7.11 Å². The van der Waals surface area contributed by atoms with Crippen LogP contribution in [0.5, 0.6) is 11.5 Å². The van der Waals surface area contributed by atoms with Crippen molar-refractivity contribution in [2.45, 2.75) is 18.1 Å². The molecule has 8 heteroatoms. The lowest BCUT2D eigenvalue weighted by Gasteiger charge is -2.33. The summed E-state index contributed by atoms with van der Waals surface area (Å²) in [5.41, 5.74) is 1.07. The molecule has 25 heavy (non-hydrogen) atoms. The van der Waals surface area contributed by atoms with Crippen LogP contribution in [0.15, 0.2) is 48.5 Å². The second-order valence-electron chi connectivity index (χ2n) is 5.75. The summed E-state index contributed by atoms with van der Waals surface area (Å²) in [5, 5.41) is 22.8. The van der Waals surface area contributed by atoms with E-state index in [4.69, 9.17) is 9.47 Å². The van der Waals surface area contributed by atoms with Crippen molar-refractivity contribution in [3.63, 3.8) is 0 Å². The monoisotopic (exact) mass is 344 g/mol. The predicted molar refractivity (Wildman–Crippen MR) is 88.2 cm³/mol. The van der Waals surface area contributed by atoms with Crippen molar-refractivity contribution in [1.29, 1.82) is 0 Å². The Morgan fingerprint density at radius 2 is 1.76 bits per heavy atom. The molecule has 0 saturated carbocycles. The molecule has 130 valence electrons. The van der Waals surface area contributed by atoms with Gasteiger partial charge in [-0.25, -0.2) is 0 Å². The van der Waals surface area contributed by atoms with Gasteiger partial charge in [0.15, 0.2) is 6.10 Å². The van der Waals surface area contributed by atoms with E-state index in [1.54, 1.807) is 48.5 Å². The second kappa shape index (κ2) is 6.76. The molecule has 8 nitrogen and oxygen atoms in total. The van der Waals surface area contributed by atoms with Gasteiger partial charge in [-0.05, 0) is 23.8 Å². The van der Waals surface area contributed by atoms with Crippen LogP contribution >= 0.6 is 0 Å². The van der Waals surface area contributed by atoms with Crippen molar-refractivity contribution in [2.24, 2.45) is 0 Å². The fourth-order valence-electron chi connectivity index (χ4n) is 3.18. The molecule has 0 unspecified atom stereocenters. The van der Waals surface area contributed by atoms with E-state index >= 15 is 0 Å². The number of ether oxygens (including phenoxy) is 2. The van der Waals surface area contributed by atoms with E-state index in [2.05, 4.69) is 0 Å². The molecule has 3 atom stereocenters. The molecule has 0 aromatic heterocycles. The van der Waals surface area contributed by atoms with E-state index in [0.717, 1.165) is 0 Å². The fraction of sp³-hybridized carbons (Fsp3) is 0.294. The van der Waals surface area contributed by atoms with Crippen molar-refractivity contribution >= 4 is 0 Å². The Morgan fingerprint density at radius 1 is 1.08 bits per heavy atom. The summed E-state index contributed by atoms with van der Waals surface area (Å²) in [7, 11) is 1.52. The van der Waals surface area contributed by atoms with Gasteiger partial charge in [-0.1, -0.05) is 30.3 Å². The molecule has 0 bridgehead atoms. The van der Waals surface area contributed by atoms with Crippen molar-refractivity contribution in [3.05, 3.63) is 79.9 Å². The summed E-state index contributed by atoms with van der Waals surface area (Å²) in [6.07, 6.45) is -0.916. The zero-order valence-electron chi connectivity index (χ0n) is 13.4. The summed E-state index contributed by atoms with van der Waals surface area (Å²) < 4.78 is 11.0.